The second-order valence-corrected chi connectivity index (χ2v) is 3.49. The third-order valence-corrected chi connectivity index (χ3v) is 2.39. The summed E-state index contributed by atoms with van der Waals surface area (Å²) >= 11 is 0. The summed E-state index contributed by atoms with van der Waals surface area (Å²) in [5.41, 5.74) is 1.15. The van der Waals surface area contributed by atoms with Gasteiger partial charge in [-0.25, -0.2) is 0 Å². The zero-order valence-corrected chi connectivity index (χ0v) is 9.36. The lowest BCUT2D eigenvalue weighted by Gasteiger charge is -2.16. The zero-order valence-electron chi connectivity index (χ0n) is 9.36. The molecule has 0 aliphatic carbocycles. The third kappa shape index (κ3) is 3.53. The number of rotatable bonds is 6. The molecule has 0 heterocycles. The van der Waals surface area contributed by atoms with Crippen LogP contribution in [0, 0.1) is 0 Å². The molecule has 0 aliphatic rings. The van der Waals surface area contributed by atoms with Crippen molar-refractivity contribution in [2.45, 2.75) is 19.4 Å². The fourth-order valence-electron chi connectivity index (χ4n) is 1.53. The number of ether oxygens (including phenoxy) is 1. The molecule has 0 spiro atoms. The Morgan fingerprint density at radius 1 is 1.40 bits per heavy atom. The fraction of sp³-hybridized carbons (Fsp3) is 0.500. The highest BCUT2D eigenvalue weighted by Gasteiger charge is 2.08. The molecule has 0 radical (unpaired) electrons. The van der Waals surface area contributed by atoms with Crippen molar-refractivity contribution in [1.82, 2.24) is 5.32 Å². The molecule has 15 heavy (non-hydrogen) atoms. The molecule has 0 fully saturated rings. The highest BCUT2D eigenvalue weighted by Crippen LogP contribution is 2.23. The van der Waals surface area contributed by atoms with Gasteiger partial charge in [0.25, 0.3) is 0 Å². The topological polar surface area (TPSA) is 41.5 Å². The van der Waals surface area contributed by atoms with Crippen molar-refractivity contribution >= 4 is 0 Å². The van der Waals surface area contributed by atoms with Crippen molar-refractivity contribution in [3.63, 3.8) is 0 Å². The number of methoxy groups -OCH3 is 1. The molecule has 2 N–H and O–H groups in total. The highest BCUT2D eigenvalue weighted by atomic mass is 16.5. The number of hydrogen-bond acceptors (Lipinski definition) is 3. The SMILES string of the molecule is COc1ccccc1[C@H](C)NCCCO. The fourth-order valence-corrected chi connectivity index (χ4v) is 1.53. The number of benzene rings is 1. The van der Waals surface area contributed by atoms with Gasteiger partial charge in [0.05, 0.1) is 7.11 Å². The van der Waals surface area contributed by atoms with E-state index in [4.69, 9.17) is 9.84 Å². The van der Waals surface area contributed by atoms with Gasteiger partial charge < -0.3 is 15.2 Å². The van der Waals surface area contributed by atoms with Gasteiger partial charge >= 0.3 is 0 Å². The van der Waals surface area contributed by atoms with E-state index in [0.29, 0.717) is 0 Å². The number of aliphatic hydroxyl groups is 1. The minimum atomic E-state index is 0.228. The van der Waals surface area contributed by atoms with E-state index in [1.165, 1.54) is 0 Å². The van der Waals surface area contributed by atoms with Gasteiger partial charge in [0.15, 0.2) is 0 Å². The van der Waals surface area contributed by atoms with Gasteiger partial charge in [0, 0.05) is 18.2 Å². The number of para-hydroxylation sites is 1. The summed E-state index contributed by atoms with van der Waals surface area (Å²) in [6, 6.07) is 8.22. The van der Waals surface area contributed by atoms with Gasteiger partial charge in [-0.2, -0.15) is 0 Å². The maximum Gasteiger partial charge on any atom is 0.123 e. The van der Waals surface area contributed by atoms with Crippen molar-refractivity contribution in [2.24, 2.45) is 0 Å². The van der Waals surface area contributed by atoms with Crippen LogP contribution in [0.5, 0.6) is 5.75 Å². The van der Waals surface area contributed by atoms with Crippen LogP contribution in [0.1, 0.15) is 24.9 Å². The van der Waals surface area contributed by atoms with E-state index in [1.807, 2.05) is 18.2 Å². The lowest BCUT2D eigenvalue weighted by atomic mass is 10.1. The van der Waals surface area contributed by atoms with Gasteiger partial charge in [-0.05, 0) is 26.0 Å². The van der Waals surface area contributed by atoms with Crippen LogP contribution in [0.25, 0.3) is 0 Å². The molecule has 0 aromatic heterocycles. The van der Waals surface area contributed by atoms with E-state index < -0.39 is 0 Å². The molecule has 0 aliphatic heterocycles. The van der Waals surface area contributed by atoms with Crippen LogP contribution >= 0.6 is 0 Å². The molecule has 1 rings (SSSR count). The predicted molar refractivity (Wildman–Crippen MR) is 61.1 cm³/mol. The first-order chi connectivity index (χ1) is 7.29. The Hall–Kier alpha value is -1.06. The Bertz CT molecular complexity index is 289. The van der Waals surface area contributed by atoms with E-state index in [9.17, 15) is 0 Å². The maximum atomic E-state index is 8.69. The largest absolute Gasteiger partial charge is 0.496 e. The normalized spacial score (nSPS) is 12.5. The zero-order chi connectivity index (χ0) is 11.1. The van der Waals surface area contributed by atoms with Gasteiger partial charge in [0.2, 0.25) is 0 Å². The molecule has 3 nitrogen and oxygen atoms in total. The van der Waals surface area contributed by atoms with Crippen molar-refractivity contribution in [3.8, 4) is 5.75 Å². The number of hydrogen-bond donors (Lipinski definition) is 2. The smallest absolute Gasteiger partial charge is 0.123 e. The van der Waals surface area contributed by atoms with Gasteiger partial charge in [-0.15, -0.1) is 0 Å². The van der Waals surface area contributed by atoms with Crippen LogP contribution in [0.15, 0.2) is 24.3 Å². The average Bonchev–Trinajstić information content (AvgIpc) is 2.29. The quantitative estimate of drug-likeness (QED) is 0.701. The monoisotopic (exact) mass is 209 g/mol. The van der Waals surface area contributed by atoms with Crippen LogP contribution in [0.4, 0.5) is 0 Å². The standard InChI is InChI=1S/C12H19NO2/c1-10(13-8-5-9-14)11-6-3-4-7-12(11)15-2/h3-4,6-7,10,13-14H,5,8-9H2,1-2H3/t10-/m0/s1. The van der Waals surface area contributed by atoms with Crippen LogP contribution in [-0.4, -0.2) is 25.4 Å². The lowest BCUT2D eigenvalue weighted by molar-refractivity contribution is 0.283. The predicted octanol–water partition coefficient (Wildman–Crippen LogP) is 1.73. The summed E-state index contributed by atoms with van der Waals surface area (Å²) in [4.78, 5) is 0. The first-order valence-electron chi connectivity index (χ1n) is 5.26. The molecule has 84 valence electrons. The second-order valence-electron chi connectivity index (χ2n) is 3.49. The Kier molecular flexibility index (Phi) is 5.15. The van der Waals surface area contributed by atoms with E-state index in [2.05, 4.69) is 18.3 Å². The molecule has 0 saturated carbocycles. The molecular weight excluding hydrogens is 190 g/mol. The summed E-state index contributed by atoms with van der Waals surface area (Å²) in [5.74, 6) is 0.904. The van der Waals surface area contributed by atoms with Gasteiger partial charge in [-0.1, -0.05) is 18.2 Å². The second kappa shape index (κ2) is 6.43. The van der Waals surface area contributed by atoms with E-state index in [1.54, 1.807) is 7.11 Å². The first-order valence-corrected chi connectivity index (χ1v) is 5.26. The minimum Gasteiger partial charge on any atom is -0.496 e. The van der Waals surface area contributed by atoms with Crippen molar-refractivity contribution in [2.75, 3.05) is 20.3 Å². The molecule has 1 aromatic carbocycles. The molecular formula is C12H19NO2. The first kappa shape index (κ1) is 12.0. The average molecular weight is 209 g/mol. The molecule has 0 amide bonds. The Balaban J connectivity index is 2.59. The molecule has 0 bridgehead atoms. The van der Waals surface area contributed by atoms with E-state index >= 15 is 0 Å². The third-order valence-electron chi connectivity index (χ3n) is 2.39. The van der Waals surface area contributed by atoms with Gasteiger partial charge in [0.1, 0.15) is 5.75 Å². The van der Waals surface area contributed by atoms with Crippen LogP contribution in [0.2, 0.25) is 0 Å². The summed E-state index contributed by atoms with van der Waals surface area (Å²) in [6.45, 7) is 3.14. The summed E-state index contributed by atoms with van der Waals surface area (Å²) in [7, 11) is 1.68. The minimum absolute atomic E-state index is 0.228. The maximum absolute atomic E-state index is 8.69. The van der Waals surface area contributed by atoms with Crippen molar-refractivity contribution in [1.29, 1.82) is 0 Å². The van der Waals surface area contributed by atoms with E-state index in [-0.39, 0.29) is 12.6 Å². The molecule has 0 saturated heterocycles. The summed E-state index contributed by atoms with van der Waals surface area (Å²) < 4.78 is 5.28. The molecule has 3 heteroatoms. The number of nitrogens with one attached hydrogen (secondary N) is 1. The van der Waals surface area contributed by atoms with Crippen LogP contribution < -0.4 is 10.1 Å². The number of aliphatic hydroxyl groups excluding tert-OH is 1. The van der Waals surface area contributed by atoms with Gasteiger partial charge in [-0.3, -0.25) is 0 Å². The van der Waals surface area contributed by atoms with Crippen LogP contribution in [0.3, 0.4) is 0 Å². The Morgan fingerprint density at radius 3 is 2.80 bits per heavy atom. The molecule has 0 unspecified atom stereocenters. The van der Waals surface area contributed by atoms with Crippen LogP contribution in [-0.2, 0) is 0 Å². The summed E-state index contributed by atoms with van der Waals surface area (Å²) in [6.07, 6.45) is 0.777. The molecule has 1 atom stereocenters. The van der Waals surface area contributed by atoms with E-state index in [0.717, 1.165) is 24.3 Å². The Labute approximate surface area is 91.1 Å². The summed E-state index contributed by atoms with van der Waals surface area (Å²) in [5, 5.41) is 12.0. The Morgan fingerprint density at radius 2 is 2.13 bits per heavy atom. The van der Waals surface area contributed by atoms with Crippen molar-refractivity contribution < 1.29 is 9.84 Å². The molecule has 1 aromatic rings. The lowest BCUT2D eigenvalue weighted by Crippen LogP contribution is -2.21. The van der Waals surface area contributed by atoms with Crippen molar-refractivity contribution in [3.05, 3.63) is 29.8 Å². The highest BCUT2D eigenvalue weighted by molar-refractivity contribution is 5.35.